The number of amides is 1. The Labute approximate surface area is 170 Å². The van der Waals surface area contributed by atoms with E-state index in [1.807, 2.05) is 13.8 Å². The first kappa shape index (κ1) is 22.2. The molecule has 1 heterocycles. The minimum absolute atomic E-state index is 0.00673. The molecular weight excluding hydrogens is 398 g/mol. The number of anilines is 1. The number of sulfonamides is 1. The van der Waals surface area contributed by atoms with E-state index in [4.69, 9.17) is 0 Å². The van der Waals surface area contributed by atoms with Crippen molar-refractivity contribution >= 4 is 33.4 Å². The molecule has 7 nitrogen and oxygen atoms in total. The molecule has 0 saturated carbocycles. The van der Waals surface area contributed by atoms with Crippen LogP contribution in [0.2, 0.25) is 0 Å². The van der Waals surface area contributed by atoms with Crippen LogP contribution in [0.3, 0.4) is 0 Å². The number of benzene rings is 1. The standard InChI is InChI=1S/C19H25N3O4S2/c1-5-22(6-2)28(25,26)14-9-10-17(23)16(12-14)21-18(24)15-8-7-11-20-19(15)27-13(3)4/h7-13,23H,5-6H2,1-4H3,(H,21,24). The van der Waals surface area contributed by atoms with Crippen molar-refractivity contribution in [3.63, 3.8) is 0 Å². The number of nitrogens with zero attached hydrogens (tertiary/aromatic N) is 2. The first-order valence-electron chi connectivity index (χ1n) is 8.96. The fraction of sp³-hybridized carbons (Fsp3) is 0.368. The van der Waals surface area contributed by atoms with Gasteiger partial charge >= 0.3 is 0 Å². The van der Waals surface area contributed by atoms with Gasteiger partial charge in [0.2, 0.25) is 10.0 Å². The molecule has 2 rings (SSSR count). The zero-order valence-electron chi connectivity index (χ0n) is 16.3. The SMILES string of the molecule is CCN(CC)S(=O)(=O)c1ccc(O)c(NC(=O)c2cccnc2SC(C)C)c1. The summed E-state index contributed by atoms with van der Waals surface area (Å²) in [4.78, 5) is 17.0. The van der Waals surface area contributed by atoms with Crippen molar-refractivity contribution in [1.29, 1.82) is 0 Å². The van der Waals surface area contributed by atoms with Crippen LogP contribution in [0.4, 0.5) is 5.69 Å². The summed E-state index contributed by atoms with van der Waals surface area (Å²) in [6.07, 6.45) is 1.61. The smallest absolute Gasteiger partial charge is 0.258 e. The number of pyridine rings is 1. The predicted molar refractivity (Wildman–Crippen MR) is 111 cm³/mol. The summed E-state index contributed by atoms with van der Waals surface area (Å²) in [7, 11) is -3.71. The lowest BCUT2D eigenvalue weighted by molar-refractivity contribution is 0.102. The molecule has 28 heavy (non-hydrogen) atoms. The summed E-state index contributed by atoms with van der Waals surface area (Å²) >= 11 is 1.45. The highest BCUT2D eigenvalue weighted by molar-refractivity contribution is 7.99. The maximum Gasteiger partial charge on any atom is 0.258 e. The van der Waals surface area contributed by atoms with E-state index < -0.39 is 15.9 Å². The van der Waals surface area contributed by atoms with Gasteiger partial charge in [0.1, 0.15) is 10.8 Å². The molecule has 1 amide bonds. The normalized spacial score (nSPS) is 11.8. The summed E-state index contributed by atoms with van der Waals surface area (Å²) in [5.74, 6) is -0.683. The van der Waals surface area contributed by atoms with E-state index in [2.05, 4.69) is 10.3 Å². The molecule has 2 N–H and O–H groups in total. The fourth-order valence-electron chi connectivity index (χ4n) is 2.56. The second-order valence-corrected chi connectivity index (χ2v) is 9.75. The first-order chi connectivity index (χ1) is 13.2. The molecule has 0 radical (unpaired) electrons. The number of rotatable bonds is 8. The van der Waals surface area contributed by atoms with E-state index in [1.54, 1.807) is 32.2 Å². The molecule has 0 atom stereocenters. The van der Waals surface area contributed by atoms with Crippen molar-refractivity contribution in [2.24, 2.45) is 0 Å². The second-order valence-electron chi connectivity index (χ2n) is 6.25. The van der Waals surface area contributed by atoms with Crippen LogP contribution in [-0.4, -0.2) is 47.1 Å². The number of aromatic nitrogens is 1. The maximum atomic E-state index is 12.7. The van der Waals surface area contributed by atoms with Gasteiger partial charge in [0, 0.05) is 24.5 Å². The van der Waals surface area contributed by atoms with Crippen LogP contribution in [0.15, 0.2) is 46.5 Å². The zero-order valence-corrected chi connectivity index (χ0v) is 18.0. The number of aromatic hydroxyl groups is 1. The topological polar surface area (TPSA) is 99.6 Å². The van der Waals surface area contributed by atoms with Gasteiger partial charge in [-0.3, -0.25) is 4.79 Å². The van der Waals surface area contributed by atoms with Crippen LogP contribution in [0, 0.1) is 0 Å². The maximum absolute atomic E-state index is 12.7. The molecule has 1 aromatic carbocycles. The molecule has 0 unspecified atom stereocenters. The molecule has 152 valence electrons. The monoisotopic (exact) mass is 423 g/mol. The molecular formula is C19H25N3O4S2. The third kappa shape index (κ3) is 5.03. The van der Waals surface area contributed by atoms with Crippen LogP contribution in [0.1, 0.15) is 38.1 Å². The van der Waals surface area contributed by atoms with Crippen molar-refractivity contribution in [3.05, 3.63) is 42.1 Å². The van der Waals surface area contributed by atoms with Crippen molar-refractivity contribution < 1.29 is 18.3 Å². The third-order valence-electron chi connectivity index (χ3n) is 3.92. The summed E-state index contributed by atoms with van der Waals surface area (Å²) in [5, 5.41) is 13.5. The quantitative estimate of drug-likeness (QED) is 0.497. The molecule has 9 heteroatoms. The van der Waals surface area contributed by atoms with Crippen LogP contribution < -0.4 is 5.32 Å². The molecule has 1 aromatic heterocycles. The Morgan fingerprint density at radius 1 is 1.25 bits per heavy atom. The lowest BCUT2D eigenvalue weighted by atomic mass is 10.2. The van der Waals surface area contributed by atoms with Gasteiger partial charge in [0.05, 0.1) is 16.1 Å². The van der Waals surface area contributed by atoms with E-state index >= 15 is 0 Å². The number of phenolic OH excluding ortho intramolecular Hbond substituents is 1. The molecule has 0 aliphatic carbocycles. The Morgan fingerprint density at radius 2 is 1.93 bits per heavy atom. The van der Waals surface area contributed by atoms with Gasteiger partial charge in [-0.2, -0.15) is 4.31 Å². The number of hydrogen-bond acceptors (Lipinski definition) is 6. The lowest BCUT2D eigenvalue weighted by Crippen LogP contribution is -2.30. The highest BCUT2D eigenvalue weighted by Gasteiger charge is 2.23. The van der Waals surface area contributed by atoms with Crippen LogP contribution in [0.5, 0.6) is 5.75 Å². The molecule has 0 saturated heterocycles. The van der Waals surface area contributed by atoms with Gasteiger partial charge in [-0.15, -0.1) is 11.8 Å². The van der Waals surface area contributed by atoms with E-state index in [1.165, 1.54) is 34.3 Å². The van der Waals surface area contributed by atoms with E-state index in [9.17, 15) is 18.3 Å². The molecule has 0 fully saturated rings. The molecule has 0 aliphatic rings. The Morgan fingerprint density at radius 3 is 2.54 bits per heavy atom. The summed E-state index contributed by atoms with van der Waals surface area (Å²) in [6.45, 7) is 8.14. The van der Waals surface area contributed by atoms with E-state index in [-0.39, 0.29) is 21.6 Å². The zero-order chi connectivity index (χ0) is 20.9. The van der Waals surface area contributed by atoms with Gasteiger partial charge in [-0.1, -0.05) is 27.7 Å². The number of thioether (sulfide) groups is 1. The Bertz CT molecular complexity index is 942. The summed E-state index contributed by atoms with van der Waals surface area (Å²) in [5.41, 5.74) is 0.389. The Balaban J connectivity index is 2.36. The number of hydrogen-bond donors (Lipinski definition) is 2. The molecule has 0 spiro atoms. The number of nitrogens with one attached hydrogen (secondary N) is 1. The lowest BCUT2D eigenvalue weighted by Gasteiger charge is -2.19. The summed E-state index contributed by atoms with van der Waals surface area (Å²) < 4.78 is 26.7. The average Bonchev–Trinajstić information content (AvgIpc) is 2.64. The first-order valence-corrected chi connectivity index (χ1v) is 11.3. The minimum atomic E-state index is -3.71. The number of phenols is 1. The van der Waals surface area contributed by atoms with Crippen molar-refractivity contribution in [3.8, 4) is 5.75 Å². The van der Waals surface area contributed by atoms with Crippen molar-refractivity contribution in [2.75, 3.05) is 18.4 Å². The summed E-state index contributed by atoms with van der Waals surface area (Å²) in [6, 6.07) is 7.15. The minimum Gasteiger partial charge on any atom is -0.506 e. The fourth-order valence-corrected chi connectivity index (χ4v) is 4.90. The van der Waals surface area contributed by atoms with Gasteiger partial charge in [0.15, 0.2) is 0 Å². The molecule has 0 aliphatic heterocycles. The van der Waals surface area contributed by atoms with Crippen molar-refractivity contribution in [1.82, 2.24) is 9.29 Å². The van der Waals surface area contributed by atoms with E-state index in [0.29, 0.717) is 23.7 Å². The Kier molecular flexibility index (Phi) is 7.45. The van der Waals surface area contributed by atoms with Gasteiger partial charge in [-0.05, 0) is 30.3 Å². The van der Waals surface area contributed by atoms with Gasteiger partial charge < -0.3 is 10.4 Å². The Hall–Kier alpha value is -2.10. The second kappa shape index (κ2) is 9.40. The van der Waals surface area contributed by atoms with Crippen LogP contribution >= 0.6 is 11.8 Å². The van der Waals surface area contributed by atoms with Crippen molar-refractivity contribution in [2.45, 2.75) is 42.9 Å². The molecule has 0 bridgehead atoms. The number of carbonyl (C=O) groups excluding carboxylic acids is 1. The third-order valence-corrected chi connectivity index (χ3v) is 6.99. The van der Waals surface area contributed by atoms with Crippen LogP contribution in [0.25, 0.3) is 0 Å². The van der Waals surface area contributed by atoms with Gasteiger partial charge in [-0.25, -0.2) is 13.4 Å². The average molecular weight is 424 g/mol. The number of carbonyl (C=O) groups is 1. The van der Waals surface area contributed by atoms with Gasteiger partial charge in [0.25, 0.3) is 5.91 Å². The highest BCUT2D eigenvalue weighted by atomic mass is 32.2. The predicted octanol–water partition coefficient (Wildman–Crippen LogP) is 3.57. The largest absolute Gasteiger partial charge is 0.506 e. The highest BCUT2D eigenvalue weighted by Crippen LogP contribution is 2.30. The van der Waals surface area contributed by atoms with Crippen LogP contribution in [-0.2, 0) is 10.0 Å². The van der Waals surface area contributed by atoms with E-state index in [0.717, 1.165) is 0 Å². The molecule has 2 aromatic rings.